The van der Waals surface area contributed by atoms with Crippen LogP contribution in [0.25, 0.3) is 33.4 Å². The first-order chi connectivity index (χ1) is 17.0. The molecule has 4 heterocycles. The Morgan fingerprint density at radius 3 is 2.80 bits per heavy atom. The molecule has 1 unspecified atom stereocenters. The highest BCUT2D eigenvalue weighted by Crippen LogP contribution is 2.31. The van der Waals surface area contributed by atoms with Crippen molar-refractivity contribution in [3.8, 4) is 22.4 Å². The Morgan fingerprint density at radius 2 is 2.06 bits per heavy atom. The van der Waals surface area contributed by atoms with Crippen LogP contribution in [0.5, 0.6) is 0 Å². The summed E-state index contributed by atoms with van der Waals surface area (Å²) in [5.74, 6) is 1.07. The summed E-state index contributed by atoms with van der Waals surface area (Å²) in [4.78, 5) is 31.6. The van der Waals surface area contributed by atoms with Gasteiger partial charge < -0.3 is 10.6 Å². The van der Waals surface area contributed by atoms with Crippen molar-refractivity contribution in [2.24, 2.45) is 5.92 Å². The Labute approximate surface area is 208 Å². The fraction of sp³-hybridized carbons (Fsp3) is 0.346. The van der Waals surface area contributed by atoms with E-state index in [0.29, 0.717) is 46.8 Å². The van der Waals surface area contributed by atoms with Gasteiger partial charge in [0.2, 0.25) is 5.95 Å². The molecule has 1 aromatic carbocycles. The van der Waals surface area contributed by atoms with Gasteiger partial charge in [0.1, 0.15) is 5.65 Å². The molecule has 0 aliphatic carbocycles. The van der Waals surface area contributed by atoms with E-state index in [1.54, 1.807) is 23.2 Å². The highest BCUT2D eigenvalue weighted by atomic mass is 35.5. The Kier molecular flexibility index (Phi) is 6.74. The molecule has 2 N–H and O–H groups in total. The third-order valence-corrected chi connectivity index (χ3v) is 6.71. The van der Waals surface area contributed by atoms with E-state index in [9.17, 15) is 4.79 Å². The number of halogens is 1. The average Bonchev–Trinajstić information content (AvgIpc) is 3.37. The SMILES string of the molecule is CCNc1ncc2cc(-c3ccc(-c4cncc(C)n4)cc3Cl)c(=O)n(CCC3CCNC3)c2n1. The van der Waals surface area contributed by atoms with Crippen molar-refractivity contribution in [3.05, 3.63) is 63.9 Å². The van der Waals surface area contributed by atoms with Crippen LogP contribution in [-0.4, -0.2) is 44.1 Å². The van der Waals surface area contributed by atoms with Gasteiger partial charge in [-0.05, 0) is 57.8 Å². The smallest absolute Gasteiger partial charge is 0.260 e. The molecule has 0 saturated carbocycles. The number of aromatic nitrogens is 5. The Hall–Kier alpha value is -3.36. The number of rotatable bonds is 7. The standard InChI is InChI=1S/C26H28ClN7O/c1-3-30-26-31-14-19-10-21(25(35)34(24(19)33-26)9-7-17-6-8-28-13-17)20-5-4-18(11-22(20)27)23-15-29-12-16(2)32-23/h4-5,10-12,14-15,17,28H,3,6-9,13H2,1-2H3,(H,30,31,33). The number of nitrogens with zero attached hydrogens (tertiary/aromatic N) is 5. The van der Waals surface area contributed by atoms with E-state index in [1.807, 2.05) is 38.1 Å². The van der Waals surface area contributed by atoms with Gasteiger partial charge in [-0.3, -0.25) is 14.3 Å². The van der Waals surface area contributed by atoms with E-state index in [4.69, 9.17) is 11.6 Å². The minimum atomic E-state index is -0.102. The van der Waals surface area contributed by atoms with Crippen LogP contribution in [0.4, 0.5) is 5.95 Å². The van der Waals surface area contributed by atoms with E-state index in [2.05, 4.69) is 30.6 Å². The number of nitrogens with one attached hydrogen (secondary N) is 2. The zero-order chi connectivity index (χ0) is 24.4. The number of fused-ring (bicyclic) bond motifs is 1. The predicted octanol–water partition coefficient (Wildman–Crippen LogP) is 4.31. The van der Waals surface area contributed by atoms with Gasteiger partial charge in [-0.15, -0.1) is 0 Å². The summed E-state index contributed by atoms with van der Waals surface area (Å²) >= 11 is 6.73. The normalized spacial score (nSPS) is 15.6. The first-order valence-electron chi connectivity index (χ1n) is 12.0. The van der Waals surface area contributed by atoms with Crippen molar-refractivity contribution < 1.29 is 0 Å². The van der Waals surface area contributed by atoms with Gasteiger partial charge >= 0.3 is 0 Å². The van der Waals surface area contributed by atoms with Crippen LogP contribution in [0, 0.1) is 12.8 Å². The molecule has 8 nitrogen and oxygen atoms in total. The van der Waals surface area contributed by atoms with Crippen LogP contribution in [0.1, 0.15) is 25.5 Å². The molecule has 0 spiro atoms. The second-order valence-corrected chi connectivity index (χ2v) is 9.31. The molecule has 4 aromatic rings. The monoisotopic (exact) mass is 489 g/mol. The molecule has 0 amide bonds. The molecule has 1 aliphatic heterocycles. The van der Waals surface area contributed by atoms with Crippen LogP contribution < -0.4 is 16.2 Å². The van der Waals surface area contributed by atoms with Gasteiger partial charge in [-0.2, -0.15) is 4.98 Å². The van der Waals surface area contributed by atoms with E-state index >= 15 is 0 Å². The molecule has 1 fully saturated rings. The lowest BCUT2D eigenvalue weighted by Crippen LogP contribution is -2.25. The highest BCUT2D eigenvalue weighted by Gasteiger charge is 2.19. The van der Waals surface area contributed by atoms with Gasteiger partial charge in [0, 0.05) is 52.6 Å². The number of benzene rings is 1. The quantitative estimate of drug-likeness (QED) is 0.399. The van der Waals surface area contributed by atoms with E-state index in [1.165, 1.54) is 0 Å². The summed E-state index contributed by atoms with van der Waals surface area (Å²) in [7, 11) is 0. The first kappa shape index (κ1) is 23.4. The molecule has 1 aliphatic rings. The van der Waals surface area contributed by atoms with Gasteiger partial charge in [0.05, 0.1) is 17.6 Å². The van der Waals surface area contributed by atoms with Crippen molar-refractivity contribution in [3.63, 3.8) is 0 Å². The second kappa shape index (κ2) is 10.1. The van der Waals surface area contributed by atoms with Crippen molar-refractivity contribution in [2.75, 3.05) is 25.0 Å². The van der Waals surface area contributed by atoms with Gasteiger partial charge in [0.25, 0.3) is 5.56 Å². The van der Waals surface area contributed by atoms with E-state index in [0.717, 1.165) is 48.3 Å². The topological polar surface area (TPSA) is 97.6 Å². The highest BCUT2D eigenvalue weighted by molar-refractivity contribution is 6.33. The number of hydrogen-bond acceptors (Lipinski definition) is 7. The molecule has 3 aromatic heterocycles. The second-order valence-electron chi connectivity index (χ2n) is 8.91. The van der Waals surface area contributed by atoms with Crippen molar-refractivity contribution in [1.82, 2.24) is 29.8 Å². The summed E-state index contributed by atoms with van der Waals surface area (Å²) in [5.41, 5.74) is 4.17. The van der Waals surface area contributed by atoms with Gasteiger partial charge in [0.15, 0.2) is 0 Å². The summed E-state index contributed by atoms with van der Waals surface area (Å²) in [6.45, 7) is 7.20. The number of pyridine rings is 1. The van der Waals surface area contributed by atoms with Crippen LogP contribution in [-0.2, 0) is 6.54 Å². The van der Waals surface area contributed by atoms with Crippen LogP contribution in [0.3, 0.4) is 0 Å². The molecule has 35 heavy (non-hydrogen) atoms. The number of hydrogen-bond donors (Lipinski definition) is 2. The van der Waals surface area contributed by atoms with Crippen molar-refractivity contribution >= 4 is 28.6 Å². The number of anilines is 1. The molecule has 180 valence electrons. The van der Waals surface area contributed by atoms with Crippen molar-refractivity contribution in [2.45, 2.75) is 33.2 Å². The van der Waals surface area contributed by atoms with E-state index < -0.39 is 0 Å². The third kappa shape index (κ3) is 4.90. The fourth-order valence-corrected chi connectivity index (χ4v) is 4.85. The third-order valence-electron chi connectivity index (χ3n) is 6.40. The van der Waals surface area contributed by atoms with Crippen LogP contribution in [0.2, 0.25) is 5.02 Å². The Balaban J connectivity index is 1.59. The Bertz CT molecular complexity index is 1430. The average molecular weight is 490 g/mol. The Morgan fingerprint density at radius 1 is 1.17 bits per heavy atom. The maximum Gasteiger partial charge on any atom is 0.260 e. The zero-order valence-corrected chi connectivity index (χ0v) is 20.6. The number of aryl methyl sites for hydroxylation is 2. The van der Waals surface area contributed by atoms with Crippen LogP contribution >= 0.6 is 11.6 Å². The molecule has 9 heteroatoms. The molecular weight excluding hydrogens is 462 g/mol. The van der Waals surface area contributed by atoms with E-state index in [-0.39, 0.29) is 5.56 Å². The minimum absolute atomic E-state index is 0.102. The van der Waals surface area contributed by atoms with Crippen LogP contribution in [0.15, 0.2) is 47.7 Å². The lowest BCUT2D eigenvalue weighted by molar-refractivity contribution is 0.479. The molecule has 5 rings (SSSR count). The minimum Gasteiger partial charge on any atom is -0.354 e. The molecule has 1 atom stereocenters. The zero-order valence-electron chi connectivity index (χ0n) is 19.9. The summed E-state index contributed by atoms with van der Waals surface area (Å²) < 4.78 is 1.78. The maximum absolute atomic E-state index is 13.8. The van der Waals surface area contributed by atoms with Gasteiger partial charge in [-0.25, -0.2) is 9.97 Å². The van der Waals surface area contributed by atoms with Gasteiger partial charge in [-0.1, -0.05) is 23.7 Å². The summed E-state index contributed by atoms with van der Waals surface area (Å²) in [6.07, 6.45) is 7.21. The fourth-order valence-electron chi connectivity index (χ4n) is 4.57. The summed E-state index contributed by atoms with van der Waals surface area (Å²) in [6, 6.07) is 7.48. The lowest BCUT2D eigenvalue weighted by atomic mass is 10.0. The first-order valence-corrected chi connectivity index (χ1v) is 12.4. The largest absolute Gasteiger partial charge is 0.354 e. The summed E-state index contributed by atoms with van der Waals surface area (Å²) in [5, 5.41) is 7.83. The molecule has 0 bridgehead atoms. The van der Waals surface area contributed by atoms with Crippen molar-refractivity contribution in [1.29, 1.82) is 0 Å². The molecule has 1 saturated heterocycles. The molecular formula is C26H28ClN7O. The molecule has 0 radical (unpaired) electrons. The predicted molar refractivity (Wildman–Crippen MR) is 140 cm³/mol. The lowest BCUT2D eigenvalue weighted by Gasteiger charge is -2.16. The maximum atomic E-state index is 13.8.